The quantitative estimate of drug-likeness (QED) is 0.737. The van der Waals surface area contributed by atoms with Gasteiger partial charge in [0.05, 0.1) is 29.7 Å². The summed E-state index contributed by atoms with van der Waals surface area (Å²) < 4.78 is 0. The molecule has 0 unspecified atom stereocenters. The lowest BCUT2D eigenvalue weighted by Gasteiger charge is -2.09. The van der Waals surface area contributed by atoms with Gasteiger partial charge in [-0.2, -0.15) is 0 Å². The average Bonchev–Trinajstić information content (AvgIpc) is 3.09. The van der Waals surface area contributed by atoms with E-state index in [-0.39, 0.29) is 5.91 Å². The van der Waals surface area contributed by atoms with Crippen LogP contribution >= 0.6 is 0 Å². The highest BCUT2D eigenvalue weighted by Crippen LogP contribution is 2.33. The number of carbonyl (C=O) groups is 1. The number of nitrogens with one attached hydrogen (secondary N) is 3. The van der Waals surface area contributed by atoms with Crippen molar-refractivity contribution in [3.05, 3.63) is 35.8 Å². The van der Waals surface area contributed by atoms with Gasteiger partial charge in [-0.05, 0) is 25.0 Å². The smallest absolute Gasteiger partial charge is 0.254 e. The van der Waals surface area contributed by atoms with Gasteiger partial charge in [0.25, 0.3) is 5.91 Å². The van der Waals surface area contributed by atoms with E-state index in [1.165, 1.54) is 25.7 Å². The molecule has 0 atom stereocenters. The van der Waals surface area contributed by atoms with Gasteiger partial charge in [0.1, 0.15) is 0 Å². The summed E-state index contributed by atoms with van der Waals surface area (Å²) in [5, 5.41) is 13.3. The minimum absolute atomic E-state index is 0.196. The third kappa shape index (κ3) is 2.57. The van der Waals surface area contributed by atoms with Crippen molar-refractivity contribution >= 4 is 17.3 Å². The van der Waals surface area contributed by atoms with Crippen LogP contribution in [0.1, 0.15) is 37.3 Å². The Balaban J connectivity index is 1.67. The number of pyridine rings is 1. The highest BCUT2D eigenvalue weighted by molar-refractivity contribution is 6.26. The van der Waals surface area contributed by atoms with Crippen LogP contribution in [0.3, 0.4) is 0 Å². The molecule has 0 radical (unpaired) electrons. The van der Waals surface area contributed by atoms with Gasteiger partial charge in [-0.25, -0.2) is 0 Å². The van der Waals surface area contributed by atoms with Gasteiger partial charge in [0.15, 0.2) is 0 Å². The summed E-state index contributed by atoms with van der Waals surface area (Å²) in [6.45, 7) is 0.311. The first-order valence-electron chi connectivity index (χ1n) is 7.02. The first-order valence-corrected chi connectivity index (χ1v) is 7.02. The van der Waals surface area contributed by atoms with Crippen molar-refractivity contribution < 1.29 is 4.79 Å². The van der Waals surface area contributed by atoms with E-state index >= 15 is 0 Å². The molecule has 1 saturated heterocycles. The lowest BCUT2D eigenvalue weighted by molar-refractivity contribution is -0.116. The fourth-order valence-corrected chi connectivity index (χ4v) is 2.76. The third-order valence-corrected chi connectivity index (χ3v) is 3.94. The number of rotatable bonds is 3. The number of hydrogen-bond donors (Lipinski definition) is 3. The summed E-state index contributed by atoms with van der Waals surface area (Å²) in [5.74, 6) is 0.411. The van der Waals surface area contributed by atoms with E-state index in [4.69, 9.17) is 5.41 Å². The first-order chi connectivity index (χ1) is 9.74. The Morgan fingerprint density at radius 2 is 2.15 bits per heavy atom. The largest absolute Gasteiger partial charge is 0.360 e. The molecule has 0 spiro atoms. The molecule has 20 heavy (non-hydrogen) atoms. The minimum Gasteiger partial charge on any atom is -0.360 e. The van der Waals surface area contributed by atoms with Gasteiger partial charge in [-0.15, -0.1) is 0 Å². The van der Waals surface area contributed by atoms with E-state index in [1.807, 2.05) is 6.07 Å². The maximum atomic E-state index is 11.5. The second kappa shape index (κ2) is 5.45. The standard InChI is InChI=1S/C15H18N4O/c16-13-9-19-15(20)12(13)8-17-11-5-6-14(18-7-11)10-3-1-2-4-10/h5-8,10,16-17H,1-4,9H2,(H,19,20)/b12-8+,16-13?. The molecule has 5 heteroatoms. The Morgan fingerprint density at radius 1 is 1.35 bits per heavy atom. The van der Waals surface area contributed by atoms with E-state index in [2.05, 4.69) is 21.7 Å². The number of aromatic nitrogens is 1. The van der Waals surface area contributed by atoms with Crippen LogP contribution in [0.25, 0.3) is 0 Å². The Bertz CT molecular complexity index is 538. The fraction of sp³-hybridized carbons (Fsp3) is 0.400. The zero-order valence-corrected chi connectivity index (χ0v) is 11.3. The lowest BCUT2D eigenvalue weighted by Crippen LogP contribution is -2.14. The zero-order valence-electron chi connectivity index (χ0n) is 11.3. The Hall–Kier alpha value is -2.17. The average molecular weight is 270 g/mol. The normalized spacial score (nSPS) is 21.5. The van der Waals surface area contributed by atoms with Crippen LogP contribution in [0.15, 0.2) is 30.1 Å². The Kier molecular flexibility index (Phi) is 3.50. The molecule has 2 aliphatic rings. The molecular weight excluding hydrogens is 252 g/mol. The van der Waals surface area contributed by atoms with Crippen LogP contribution in [-0.4, -0.2) is 23.1 Å². The molecule has 0 bridgehead atoms. The highest BCUT2D eigenvalue weighted by atomic mass is 16.2. The molecule has 1 aromatic rings. The molecule has 2 heterocycles. The van der Waals surface area contributed by atoms with E-state index in [0.717, 1.165) is 11.4 Å². The van der Waals surface area contributed by atoms with Crippen LogP contribution in [0.4, 0.5) is 5.69 Å². The van der Waals surface area contributed by atoms with E-state index in [0.29, 0.717) is 23.7 Å². The van der Waals surface area contributed by atoms with E-state index < -0.39 is 0 Å². The van der Waals surface area contributed by atoms with Gasteiger partial charge in [0.2, 0.25) is 0 Å². The third-order valence-electron chi connectivity index (χ3n) is 3.94. The second-order valence-electron chi connectivity index (χ2n) is 5.32. The Labute approximate surface area is 118 Å². The van der Waals surface area contributed by atoms with E-state index in [9.17, 15) is 4.79 Å². The van der Waals surface area contributed by atoms with Gasteiger partial charge < -0.3 is 16.0 Å². The van der Waals surface area contributed by atoms with Crippen LogP contribution < -0.4 is 10.6 Å². The van der Waals surface area contributed by atoms with Crippen molar-refractivity contribution in [3.63, 3.8) is 0 Å². The summed E-state index contributed by atoms with van der Waals surface area (Å²) in [6.07, 6.45) is 8.45. The maximum absolute atomic E-state index is 11.5. The molecule has 1 aliphatic heterocycles. The molecule has 1 aromatic heterocycles. The van der Waals surface area contributed by atoms with Gasteiger partial charge in [-0.1, -0.05) is 12.8 Å². The summed E-state index contributed by atoms with van der Waals surface area (Å²) in [4.78, 5) is 16.0. The predicted octanol–water partition coefficient (Wildman–Crippen LogP) is 2.18. The van der Waals surface area contributed by atoms with Crippen molar-refractivity contribution in [1.82, 2.24) is 10.3 Å². The molecule has 1 saturated carbocycles. The summed E-state index contributed by atoms with van der Waals surface area (Å²) in [7, 11) is 0. The number of amides is 1. The summed E-state index contributed by atoms with van der Waals surface area (Å²) in [5.41, 5.74) is 2.71. The highest BCUT2D eigenvalue weighted by Gasteiger charge is 2.22. The summed E-state index contributed by atoms with van der Waals surface area (Å²) >= 11 is 0. The Morgan fingerprint density at radius 3 is 2.75 bits per heavy atom. The van der Waals surface area contributed by atoms with E-state index in [1.54, 1.807) is 12.4 Å². The van der Waals surface area contributed by atoms with Crippen LogP contribution in [0, 0.1) is 5.41 Å². The topological polar surface area (TPSA) is 77.9 Å². The van der Waals surface area contributed by atoms with Gasteiger partial charge in [-0.3, -0.25) is 9.78 Å². The predicted molar refractivity (Wildman–Crippen MR) is 77.9 cm³/mol. The van der Waals surface area contributed by atoms with Crippen molar-refractivity contribution in [2.75, 3.05) is 11.9 Å². The number of nitrogens with zero attached hydrogens (tertiary/aromatic N) is 1. The van der Waals surface area contributed by atoms with Crippen LogP contribution in [-0.2, 0) is 4.79 Å². The summed E-state index contributed by atoms with van der Waals surface area (Å²) in [6, 6.07) is 4.03. The molecule has 5 nitrogen and oxygen atoms in total. The van der Waals surface area contributed by atoms with Gasteiger partial charge in [0, 0.05) is 17.8 Å². The van der Waals surface area contributed by atoms with Crippen molar-refractivity contribution in [3.8, 4) is 0 Å². The SMILES string of the molecule is N=C1CNC(=O)/C1=C/Nc1ccc(C2CCCC2)nc1. The molecule has 0 aromatic carbocycles. The number of carbonyl (C=O) groups excluding carboxylic acids is 1. The van der Waals surface area contributed by atoms with Crippen LogP contribution in [0.2, 0.25) is 0 Å². The van der Waals surface area contributed by atoms with Crippen molar-refractivity contribution in [2.45, 2.75) is 31.6 Å². The monoisotopic (exact) mass is 270 g/mol. The van der Waals surface area contributed by atoms with Crippen LogP contribution in [0.5, 0.6) is 0 Å². The maximum Gasteiger partial charge on any atom is 0.254 e. The van der Waals surface area contributed by atoms with Gasteiger partial charge >= 0.3 is 0 Å². The first kappa shape index (κ1) is 12.8. The zero-order chi connectivity index (χ0) is 13.9. The molecule has 104 valence electrons. The lowest BCUT2D eigenvalue weighted by atomic mass is 10.0. The molecule has 1 amide bonds. The fourth-order valence-electron chi connectivity index (χ4n) is 2.76. The molecular formula is C15H18N4O. The molecule has 2 fully saturated rings. The number of anilines is 1. The minimum atomic E-state index is -0.196. The molecule has 3 N–H and O–H groups in total. The number of hydrogen-bond acceptors (Lipinski definition) is 4. The van der Waals surface area contributed by atoms with Crippen molar-refractivity contribution in [1.29, 1.82) is 5.41 Å². The molecule has 3 rings (SSSR count). The second-order valence-corrected chi connectivity index (χ2v) is 5.32. The van der Waals surface area contributed by atoms with Crippen molar-refractivity contribution in [2.24, 2.45) is 0 Å². The molecule has 1 aliphatic carbocycles.